The largest absolute Gasteiger partial charge is 0.378 e. The Hall–Kier alpha value is -2.02. The van der Waals surface area contributed by atoms with Crippen molar-refractivity contribution in [2.24, 2.45) is 0 Å². The number of rotatable bonds is 6. The average Bonchev–Trinajstić information content (AvgIpc) is 2.85. The van der Waals surface area contributed by atoms with Gasteiger partial charge in [-0.05, 0) is 12.8 Å². The van der Waals surface area contributed by atoms with E-state index in [4.69, 9.17) is 9.26 Å². The standard InChI is InChI=1S/C14H19N5O2/c1-19(13-6-11(8-20-2)15-9-16-13)7-12-17-14(21-18-12)10-4-3-5-10/h6,9-10H,3-5,7-8H2,1-2H3. The van der Waals surface area contributed by atoms with Crippen molar-refractivity contribution in [3.05, 3.63) is 29.8 Å². The summed E-state index contributed by atoms with van der Waals surface area (Å²) in [7, 11) is 3.59. The fraction of sp³-hybridized carbons (Fsp3) is 0.571. The van der Waals surface area contributed by atoms with Gasteiger partial charge in [-0.3, -0.25) is 0 Å². The maximum Gasteiger partial charge on any atom is 0.229 e. The molecule has 0 spiro atoms. The fourth-order valence-electron chi connectivity index (χ4n) is 2.27. The quantitative estimate of drug-likeness (QED) is 0.803. The lowest BCUT2D eigenvalue weighted by Gasteiger charge is -2.20. The van der Waals surface area contributed by atoms with Gasteiger partial charge in [0, 0.05) is 26.1 Å². The molecule has 2 aromatic rings. The predicted octanol–water partition coefficient (Wildman–Crippen LogP) is 1.91. The highest BCUT2D eigenvalue weighted by Gasteiger charge is 2.25. The molecule has 7 heteroatoms. The third-order valence-electron chi connectivity index (χ3n) is 3.71. The molecule has 1 aliphatic rings. The van der Waals surface area contributed by atoms with Crippen LogP contribution in [0.2, 0.25) is 0 Å². The van der Waals surface area contributed by atoms with Crippen LogP contribution in [-0.4, -0.2) is 34.3 Å². The Morgan fingerprint density at radius 2 is 2.24 bits per heavy atom. The van der Waals surface area contributed by atoms with Crippen molar-refractivity contribution < 1.29 is 9.26 Å². The van der Waals surface area contributed by atoms with Gasteiger partial charge in [-0.25, -0.2) is 9.97 Å². The minimum Gasteiger partial charge on any atom is -0.378 e. The molecule has 2 heterocycles. The van der Waals surface area contributed by atoms with Gasteiger partial charge in [0.25, 0.3) is 0 Å². The molecule has 3 rings (SSSR count). The van der Waals surface area contributed by atoms with Gasteiger partial charge in [0.2, 0.25) is 5.89 Å². The van der Waals surface area contributed by atoms with Crippen LogP contribution in [0.15, 0.2) is 16.9 Å². The van der Waals surface area contributed by atoms with Crippen LogP contribution in [0, 0.1) is 0 Å². The van der Waals surface area contributed by atoms with Crippen LogP contribution < -0.4 is 4.90 Å². The Morgan fingerprint density at radius 1 is 1.38 bits per heavy atom. The summed E-state index contributed by atoms with van der Waals surface area (Å²) in [6, 6.07) is 1.90. The molecule has 7 nitrogen and oxygen atoms in total. The molecule has 0 saturated heterocycles. The summed E-state index contributed by atoms with van der Waals surface area (Å²) in [6.07, 6.45) is 5.11. The highest BCUT2D eigenvalue weighted by molar-refractivity contribution is 5.37. The number of hydrogen-bond acceptors (Lipinski definition) is 7. The second-order valence-electron chi connectivity index (χ2n) is 5.33. The van der Waals surface area contributed by atoms with Gasteiger partial charge < -0.3 is 14.2 Å². The summed E-state index contributed by atoms with van der Waals surface area (Å²) >= 11 is 0. The van der Waals surface area contributed by atoms with E-state index >= 15 is 0 Å². The first kappa shape index (κ1) is 13.9. The summed E-state index contributed by atoms with van der Waals surface area (Å²) in [6.45, 7) is 1.02. The smallest absolute Gasteiger partial charge is 0.229 e. The molecule has 112 valence electrons. The van der Waals surface area contributed by atoms with Gasteiger partial charge in [0.05, 0.1) is 18.8 Å². The number of hydrogen-bond donors (Lipinski definition) is 0. The molecule has 0 atom stereocenters. The van der Waals surface area contributed by atoms with Crippen LogP contribution in [0.5, 0.6) is 0 Å². The monoisotopic (exact) mass is 289 g/mol. The second kappa shape index (κ2) is 6.17. The minimum absolute atomic E-state index is 0.462. The molecule has 0 amide bonds. The lowest BCUT2D eigenvalue weighted by atomic mass is 9.85. The average molecular weight is 289 g/mol. The van der Waals surface area contributed by atoms with E-state index in [9.17, 15) is 0 Å². The summed E-state index contributed by atoms with van der Waals surface area (Å²) in [5.74, 6) is 2.73. The zero-order valence-corrected chi connectivity index (χ0v) is 12.3. The van der Waals surface area contributed by atoms with Crippen molar-refractivity contribution in [3.63, 3.8) is 0 Å². The lowest BCUT2D eigenvalue weighted by Crippen LogP contribution is -2.19. The third-order valence-corrected chi connectivity index (χ3v) is 3.71. The summed E-state index contributed by atoms with van der Waals surface area (Å²) in [5, 5.41) is 4.05. The van der Waals surface area contributed by atoms with Crippen LogP contribution >= 0.6 is 0 Å². The first-order chi connectivity index (χ1) is 10.3. The molecule has 0 unspecified atom stereocenters. The number of anilines is 1. The Balaban J connectivity index is 1.66. The maximum absolute atomic E-state index is 5.33. The van der Waals surface area contributed by atoms with E-state index < -0.39 is 0 Å². The first-order valence-electron chi connectivity index (χ1n) is 7.09. The Kier molecular flexibility index (Phi) is 4.10. The molecule has 0 aliphatic heterocycles. The van der Waals surface area contributed by atoms with E-state index in [1.54, 1.807) is 7.11 Å². The normalized spacial score (nSPS) is 15.0. The van der Waals surface area contributed by atoms with Crippen LogP contribution in [0.25, 0.3) is 0 Å². The molecule has 1 saturated carbocycles. The van der Waals surface area contributed by atoms with E-state index in [1.807, 2.05) is 18.0 Å². The van der Waals surface area contributed by atoms with Crippen molar-refractivity contribution in [2.45, 2.75) is 38.3 Å². The van der Waals surface area contributed by atoms with Crippen LogP contribution in [0.4, 0.5) is 5.82 Å². The van der Waals surface area contributed by atoms with E-state index in [1.165, 1.54) is 12.7 Å². The fourth-order valence-corrected chi connectivity index (χ4v) is 2.27. The van der Waals surface area contributed by atoms with E-state index in [-0.39, 0.29) is 0 Å². The number of methoxy groups -OCH3 is 1. The second-order valence-corrected chi connectivity index (χ2v) is 5.33. The number of nitrogens with zero attached hydrogens (tertiary/aromatic N) is 5. The Morgan fingerprint density at radius 3 is 2.95 bits per heavy atom. The van der Waals surface area contributed by atoms with Crippen molar-refractivity contribution in [3.8, 4) is 0 Å². The molecule has 0 radical (unpaired) electrons. The molecule has 1 aliphatic carbocycles. The van der Waals surface area contributed by atoms with Gasteiger partial charge in [-0.1, -0.05) is 11.6 Å². The summed E-state index contributed by atoms with van der Waals surface area (Å²) in [4.78, 5) is 14.8. The molecular weight excluding hydrogens is 270 g/mol. The third kappa shape index (κ3) is 3.18. The SMILES string of the molecule is COCc1cc(N(C)Cc2noc(C3CCC3)n2)ncn1. The van der Waals surface area contributed by atoms with E-state index in [2.05, 4.69) is 20.1 Å². The van der Waals surface area contributed by atoms with E-state index in [0.29, 0.717) is 24.9 Å². The highest BCUT2D eigenvalue weighted by Crippen LogP contribution is 2.35. The number of aromatic nitrogens is 4. The van der Waals surface area contributed by atoms with E-state index in [0.717, 1.165) is 30.2 Å². The Bertz CT molecular complexity index is 597. The van der Waals surface area contributed by atoms with Crippen molar-refractivity contribution in [2.75, 3.05) is 19.1 Å². The zero-order chi connectivity index (χ0) is 14.7. The lowest BCUT2D eigenvalue weighted by molar-refractivity contribution is 0.181. The van der Waals surface area contributed by atoms with Gasteiger partial charge in [-0.15, -0.1) is 0 Å². The highest BCUT2D eigenvalue weighted by atomic mass is 16.5. The number of ether oxygens (including phenoxy) is 1. The van der Waals surface area contributed by atoms with Crippen molar-refractivity contribution in [1.29, 1.82) is 0 Å². The zero-order valence-electron chi connectivity index (χ0n) is 12.3. The molecule has 0 aromatic carbocycles. The molecule has 0 bridgehead atoms. The maximum atomic E-state index is 5.33. The first-order valence-corrected chi connectivity index (χ1v) is 7.09. The van der Waals surface area contributed by atoms with Crippen LogP contribution in [0.3, 0.4) is 0 Å². The molecule has 0 N–H and O–H groups in total. The van der Waals surface area contributed by atoms with Gasteiger partial charge in [0.1, 0.15) is 12.1 Å². The van der Waals surface area contributed by atoms with Crippen LogP contribution in [-0.2, 0) is 17.9 Å². The van der Waals surface area contributed by atoms with Gasteiger partial charge in [0.15, 0.2) is 5.82 Å². The predicted molar refractivity (Wildman–Crippen MR) is 75.7 cm³/mol. The molecule has 21 heavy (non-hydrogen) atoms. The van der Waals surface area contributed by atoms with Crippen molar-refractivity contribution >= 4 is 5.82 Å². The van der Waals surface area contributed by atoms with Crippen LogP contribution in [0.1, 0.15) is 42.6 Å². The summed E-state index contributed by atoms with van der Waals surface area (Å²) in [5.41, 5.74) is 0.845. The van der Waals surface area contributed by atoms with Gasteiger partial charge in [-0.2, -0.15) is 4.98 Å². The topological polar surface area (TPSA) is 77.2 Å². The minimum atomic E-state index is 0.462. The molecule has 2 aromatic heterocycles. The Labute approximate surface area is 123 Å². The summed E-state index contributed by atoms with van der Waals surface area (Å²) < 4.78 is 10.4. The molecule has 1 fully saturated rings. The van der Waals surface area contributed by atoms with Gasteiger partial charge >= 0.3 is 0 Å². The molecular formula is C14H19N5O2. The van der Waals surface area contributed by atoms with Crippen molar-refractivity contribution in [1.82, 2.24) is 20.1 Å².